The van der Waals surface area contributed by atoms with Crippen molar-refractivity contribution in [2.24, 2.45) is 0 Å². The number of hydrogen-bond donors (Lipinski definition) is 0. The van der Waals surface area contributed by atoms with Crippen molar-refractivity contribution in [3.05, 3.63) is 121 Å². The van der Waals surface area contributed by atoms with Gasteiger partial charge in [-0.1, -0.05) is 48.5 Å². The highest BCUT2D eigenvalue weighted by molar-refractivity contribution is 6.17. The molecule has 0 saturated carbocycles. The normalized spacial score (nSPS) is 11.8. The second-order valence-electron chi connectivity index (χ2n) is 12.2. The molecule has 12 bridgehead atoms. The molecule has 12 heteroatoms. The van der Waals surface area contributed by atoms with Crippen LogP contribution in [0.15, 0.2) is 139 Å². The summed E-state index contributed by atoms with van der Waals surface area (Å²) in [6, 6.07) is 38.6. The molecule has 0 aliphatic carbocycles. The van der Waals surface area contributed by atoms with E-state index in [0.29, 0.717) is 45.7 Å². The van der Waals surface area contributed by atoms with Crippen LogP contribution in [0, 0.1) is 0 Å². The van der Waals surface area contributed by atoms with Crippen molar-refractivity contribution < 1.29 is 17.7 Å². The van der Waals surface area contributed by atoms with E-state index in [1.165, 1.54) is 0 Å². The molecular weight excluding hydrogens is 656 g/mol. The lowest BCUT2D eigenvalue weighted by atomic mass is 10.0. The second-order valence-corrected chi connectivity index (χ2v) is 12.2. The topological polar surface area (TPSA) is 156 Å². The molecular formula is C40H20N8O4. The summed E-state index contributed by atoms with van der Waals surface area (Å²) in [5, 5.41) is 44.8. The minimum atomic E-state index is 0.356. The molecule has 0 amide bonds. The molecule has 52 heavy (non-hydrogen) atoms. The first kappa shape index (κ1) is 28.3. The molecule has 0 saturated heterocycles. The molecule has 0 radical (unpaired) electrons. The van der Waals surface area contributed by atoms with Crippen LogP contribution in [-0.4, -0.2) is 40.8 Å². The molecule has 0 N–H and O–H groups in total. The molecule has 8 heterocycles. The van der Waals surface area contributed by atoms with Gasteiger partial charge in [-0.05, 0) is 83.6 Å². The highest BCUT2D eigenvalue weighted by atomic mass is 16.4. The van der Waals surface area contributed by atoms with Gasteiger partial charge in [-0.2, -0.15) is 0 Å². The average molecular weight is 677 g/mol. The maximum atomic E-state index is 6.27. The van der Waals surface area contributed by atoms with Crippen LogP contribution >= 0.6 is 0 Å². The van der Waals surface area contributed by atoms with Crippen molar-refractivity contribution in [3.63, 3.8) is 0 Å². The molecule has 0 aliphatic heterocycles. The van der Waals surface area contributed by atoms with Gasteiger partial charge in [0.2, 0.25) is 45.7 Å². The summed E-state index contributed by atoms with van der Waals surface area (Å²) in [4.78, 5) is 0. The fourth-order valence-electron chi connectivity index (χ4n) is 6.70. The average Bonchev–Trinajstić information content (AvgIpc) is 4.04. The van der Waals surface area contributed by atoms with Crippen molar-refractivity contribution >= 4 is 110 Å². The zero-order valence-corrected chi connectivity index (χ0v) is 26.8. The number of nitrogens with zero attached hydrogens (tertiary/aromatic N) is 8. The van der Waals surface area contributed by atoms with E-state index in [0.717, 1.165) is 64.6 Å². The van der Waals surface area contributed by atoms with Gasteiger partial charge >= 0.3 is 0 Å². The first-order valence-electron chi connectivity index (χ1n) is 16.3. The van der Waals surface area contributed by atoms with Crippen LogP contribution < -0.4 is 0 Å². The van der Waals surface area contributed by atoms with Crippen LogP contribution in [0.25, 0.3) is 110 Å². The third kappa shape index (κ3) is 4.41. The smallest absolute Gasteiger partial charge is 0.248 e. The summed E-state index contributed by atoms with van der Waals surface area (Å²) in [6.07, 6.45) is 0. The third-order valence-corrected chi connectivity index (χ3v) is 9.19. The van der Waals surface area contributed by atoms with Crippen LogP contribution in [-0.2, 0) is 0 Å². The van der Waals surface area contributed by atoms with Crippen LogP contribution in [0.2, 0.25) is 0 Å². The molecule has 0 unspecified atom stereocenters. The van der Waals surface area contributed by atoms with Crippen molar-refractivity contribution in [1.29, 1.82) is 0 Å². The first-order valence-corrected chi connectivity index (χ1v) is 16.3. The number of rotatable bonds is 0. The van der Waals surface area contributed by atoms with E-state index in [2.05, 4.69) is 40.8 Å². The third-order valence-electron chi connectivity index (χ3n) is 9.19. The van der Waals surface area contributed by atoms with Gasteiger partial charge in [-0.3, -0.25) is 0 Å². The molecule has 12 nitrogen and oxygen atoms in total. The van der Waals surface area contributed by atoms with Gasteiger partial charge in [-0.15, -0.1) is 40.8 Å². The molecule has 6 aromatic carbocycles. The molecule has 0 fully saturated rings. The van der Waals surface area contributed by atoms with Crippen LogP contribution in [0.1, 0.15) is 0 Å². The van der Waals surface area contributed by atoms with E-state index in [-0.39, 0.29) is 0 Å². The maximum Gasteiger partial charge on any atom is 0.248 e. The van der Waals surface area contributed by atoms with Crippen LogP contribution in [0.4, 0.5) is 0 Å². The monoisotopic (exact) mass is 676 g/mol. The Balaban J connectivity index is 1.26. The van der Waals surface area contributed by atoms with E-state index in [4.69, 9.17) is 17.7 Å². The van der Waals surface area contributed by atoms with Crippen molar-refractivity contribution in [3.8, 4) is 0 Å². The number of hydrogen-bond acceptors (Lipinski definition) is 12. The van der Waals surface area contributed by atoms with Gasteiger partial charge in [0.15, 0.2) is 0 Å². The lowest BCUT2D eigenvalue weighted by molar-refractivity contribution is 0.661. The minimum Gasteiger partial charge on any atom is -0.416 e. The lowest BCUT2D eigenvalue weighted by Gasteiger charge is -2.00. The van der Waals surface area contributed by atoms with E-state index in [1.807, 2.05) is 121 Å². The Bertz CT molecular complexity index is 2970. The Morgan fingerprint density at radius 3 is 0.712 bits per heavy atom. The highest BCUT2D eigenvalue weighted by Crippen LogP contribution is 2.32. The molecule has 244 valence electrons. The Morgan fingerprint density at radius 2 is 0.462 bits per heavy atom. The predicted octanol–water partition coefficient (Wildman–Crippen LogP) is 9.56. The van der Waals surface area contributed by atoms with E-state index in [1.54, 1.807) is 0 Å². The summed E-state index contributed by atoms with van der Waals surface area (Å²) < 4.78 is 25.1. The molecule has 0 spiro atoms. The summed E-state index contributed by atoms with van der Waals surface area (Å²) in [7, 11) is 0. The predicted molar refractivity (Wildman–Crippen MR) is 197 cm³/mol. The second kappa shape index (κ2) is 11.0. The quantitative estimate of drug-likeness (QED) is 0.150. The first-order chi connectivity index (χ1) is 25.7. The molecule has 0 atom stereocenters. The summed E-state index contributed by atoms with van der Waals surface area (Å²) in [5.74, 6) is 0. The Hall–Kier alpha value is -7.60. The zero-order valence-electron chi connectivity index (χ0n) is 26.8. The largest absolute Gasteiger partial charge is 0.416 e. The Kier molecular flexibility index (Phi) is 5.95. The fraction of sp³-hybridized carbons (Fsp3) is 0. The fourth-order valence-corrected chi connectivity index (χ4v) is 6.70. The van der Waals surface area contributed by atoms with E-state index >= 15 is 0 Å². The number of aromatic nitrogens is 8. The molecule has 8 aromatic heterocycles. The van der Waals surface area contributed by atoms with Crippen LogP contribution in [0.5, 0.6) is 0 Å². The van der Waals surface area contributed by atoms with Gasteiger partial charge in [0.05, 0.1) is 0 Å². The highest BCUT2D eigenvalue weighted by Gasteiger charge is 2.12. The molecule has 14 aromatic rings. The van der Waals surface area contributed by atoms with Crippen molar-refractivity contribution in [2.75, 3.05) is 0 Å². The SMILES string of the molecule is c1cc2cccc3c4nnc(o4)c4ccc(cc4)c4nnc(o4)c4cccc5cccc(c6nnc(o6)c6ccc(cc6)c6nnc(o6)c(c1)c23)c54. The van der Waals surface area contributed by atoms with Gasteiger partial charge < -0.3 is 17.7 Å². The minimum absolute atomic E-state index is 0.356. The molecule has 0 aliphatic rings. The standard InChI is InChI=1S/C40H20N8O4/c1-5-21-6-2-10-28-31(21)27(9-1)37-45-41-33(49-37)23-13-15-25(16-14-23)35-43-47-39(51-35)29-11-3-7-22-8-4-12-30(32(22)29)40-48-44-36(52-40)26-19-17-24(18-20-26)34-42-46-38(28)50-34/h1-20H. The lowest BCUT2D eigenvalue weighted by Crippen LogP contribution is -1.79. The van der Waals surface area contributed by atoms with Crippen molar-refractivity contribution in [1.82, 2.24) is 40.8 Å². The Morgan fingerprint density at radius 1 is 0.231 bits per heavy atom. The van der Waals surface area contributed by atoms with Crippen LogP contribution in [0.3, 0.4) is 0 Å². The Labute approximate surface area is 289 Å². The van der Waals surface area contributed by atoms with Crippen molar-refractivity contribution in [2.45, 2.75) is 0 Å². The summed E-state index contributed by atoms with van der Waals surface area (Å²) in [5.41, 5.74) is 2.87. The van der Waals surface area contributed by atoms with Gasteiger partial charge in [0, 0.05) is 53.9 Å². The van der Waals surface area contributed by atoms with Gasteiger partial charge in [0.1, 0.15) is 0 Å². The number of benzene rings is 6. The summed E-state index contributed by atoms with van der Waals surface area (Å²) >= 11 is 0. The van der Waals surface area contributed by atoms with E-state index in [9.17, 15) is 0 Å². The van der Waals surface area contributed by atoms with Gasteiger partial charge in [0.25, 0.3) is 0 Å². The summed E-state index contributed by atoms with van der Waals surface area (Å²) in [6.45, 7) is 0. The van der Waals surface area contributed by atoms with E-state index < -0.39 is 0 Å². The zero-order chi connectivity index (χ0) is 34.2. The molecule has 14 rings (SSSR count). The maximum absolute atomic E-state index is 6.27. The van der Waals surface area contributed by atoms with Gasteiger partial charge in [-0.25, -0.2) is 0 Å².